The minimum absolute atomic E-state index is 0. The van der Waals surface area contributed by atoms with Crippen LogP contribution in [0.4, 0.5) is 28.8 Å². The molecule has 6 aliphatic carbocycles. The molecule has 15 rings (SSSR count). The molecule has 6 heterocycles. The van der Waals surface area contributed by atoms with Gasteiger partial charge in [-0.15, -0.1) is 0 Å². The maximum atomic E-state index is 12.4. The number of nitrogens with zero attached hydrogens (tertiary/aromatic N) is 3. The van der Waals surface area contributed by atoms with Crippen LogP contribution in [0.1, 0.15) is 269 Å². The minimum atomic E-state index is -1.44. The molecule has 0 aromatic heterocycles. The third kappa shape index (κ3) is 51.1. The number of esters is 6. The number of carboxylic acid groups (broad SMARTS) is 1. The molecule has 3 saturated heterocycles. The molecule has 8 N–H and O–H groups in total. The van der Waals surface area contributed by atoms with Crippen LogP contribution >= 0.6 is 0 Å². The summed E-state index contributed by atoms with van der Waals surface area (Å²) in [6.07, 6.45) is 35.8. The van der Waals surface area contributed by atoms with Crippen LogP contribution < -0.4 is 46.3 Å². The molecule has 12 aliphatic rings. The third-order valence-electron chi connectivity index (χ3n) is 21.9. The van der Waals surface area contributed by atoms with Gasteiger partial charge in [0.05, 0.1) is 56.7 Å². The Bertz CT molecular complexity index is 4850. The molecule has 41 heteroatoms. The van der Waals surface area contributed by atoms with E-state index in [1.807, 2.05) is 136 Å². The SMILES string of the molecule is C.C=C/C=C/OC(C)=O.C=CC(=O)OCCCC.CC(C)(C)OC(=O)NC1CCC(O)(C(N)=O)CC1.CC(C)(C)OC(=O)OC(=O)OC(C)(C)C.CCCCOC(=O)C12C=CC(CC1)N(C(=O)OCc1ccccc1)O2.CCCCOC(=O)C1=CC=CCC1.CCCCOC(=O)C1CCC=CC1OC(C)=O.NC(=O)C12C=CC(CC1)N(C(=O)OCc1ccccc1)O2.O=C(OCc1ccccc1)N1OC2(C(=O)O)C=CC1CC2.[Na+].[OH-]. The molecule has 1 saturated carbocycles. The zero-order valence-electron chi connectivity index (χ0n) is 88.7. The van der Waals surface area contributed by atoms with E-state index in [-0.39, 0.29) is 135 Å². The molecule has 6 amide bonds. The quantitative estimate of drug-likeness (QED) is 0.00496. The smallest absolute Gasteiger partial charge is 0.870 e. The Morgan fingerprint density at radius 1 is 0.500 bits per heavy atom. The van der Waals surface area contributed by atoms with Crippen molar-refractivity contribution in [1.29, 1.82) is 0 Å². The molecule has 40 nitrogen and oxygen atoms in total. The number of amides is 6. The number of fused-ring (bicyclic) bond motifs is 6. The van der Waals surface area contributed by atoms with Crippen LogP contribution in [-0.2, 0) is 139 Å². The van der Waals surface area contributed by atoms with Crippen molar-refractivity contribution >= 4 is 90.3 Å². The van der Waals surface area contributed by atoms with Crippen LogP contribution in [0.2, 0.25) is 0 Å². The third-order valence-corrected chi connectivity index (χ3v) is 21.9. The van der Waals surface area contributed by atoms with Crippen LogP contribution in [0.3, 0.4) is 0 Å². The molecular weight excluding hydrogens is 1960 g/mol. The summed E-state index contributed by atoms with van der Waals surface area (Å²) in [6, 6.07) is 27.3. The number of carbonyl (C=O) groups excluding carboxylic acids is 14. The zero-order valence-corrected chi connectivity index (χ0v) is 90.7. The number of nitrogens with one attached hydrogen (secondary N) is 1. The van der Waals surface area contributed by atoms with Gasteiger partial charge < -0.3 is 94.1 Å². The van der Waals surface area contributed by atoms with E-state index in [2.05, 4.69) is 45.7 Å². The number of allylic oxidation sites excluding steroid dienone is 6. The van der Waals surface area contributed by atoms with E-state index in [9.17, 15) is 82.1 Å². The van der Waals surface area contributed by atoms with Gasteiger partial charge in [0, 0.05) is 31.5 Å². The van der Waals surface area contributed by atoms with Crippen LogP contribution in [0.15, 0.2) is 201 Å². The van der Waals surface area contributed by atoms with E-state index in [1.54, 1.807) is 98.8 Å². The Kier molecular flexibility index (Phi) is 62.7. The summed E-state index contributed by atoms with van der Waals surface area (Å²) in [5.41, 5.74) is 6.71. The van der Waals surface area contributed by atoms with Gasteiger partial charge in [0.2, 0.25) is 17.1 Å². The Morgan fingerprint density at radius 2 is 0.913 bits per heavy atom. The molecule has 150 heavy (non-hydrogen) atoms. The predicted octanol–water partition coefficient (Wildman–Crippen LogP) is 15.6. The van der Waals surface area contributed by atoms with E-state index >= 15 is 0 Å². The second-order valence-corrected chi connectivity index (χ2v) is 37.7. The number of benzene rings is 3. The van der Waals surface area contributed by atoms with Crippen molar-refractivity contribution in [3.63, 3.8) is 0 Å². The largest absolute Gasteiger partial charge is 1.00 e. The zero-order chi connectivity index (χ0) is 109. The summed E-state index contributed by atoms with van der Waals surface area (Å²) in [5.74, 6) is -4.60. The number of carbonyl (C=O) groups is 15. The summed E-state index contributed by atoms with van der Waals surface area (Å²) < 4.78 is 64.4. The number of unbranched alkanes of at least 4 members (excludes halogenated alkanes) is 4. The van der Waals surface area contributed by atoms with Crippen molar-refractivity contribution in [3.05, 3.63) is 218 Å². The standard InChI is InChI=1S/C19H23NO5.C15H16N2O4.C15H15NO5.C13H20O4.C12H22N2O4.C11H16O2.C10H18O5.C7H12O2.C6H8O2.CH4.Na.H2O/c1-2-3-13-23-17(21)19-11-9-16(10-12-19)20(25-19)18(22)24-14-15-7-5-4-6-8-15;16-13(18)15-8-6-12(7-9-15)17(21-15)14(19)20-10-11-4-2-1-3-5-11;17-13(18)15-8-6-12(7-9-15)16(21-15)14(19)20-10-11-4-2-1-3-5-11;1-3-4-9-16-13(15)11-7-5-6-8-12(11)17-10(2)14;1-11(2,3)18-10(16)14-8-4-6-12(17,7-5-8)9(13)15;1-2-3-9-13-11(12)10-7-5-4-6-8-10;1-9(2,3)14-7(11)13-8(12)15-10(4,5)6;1-3-5-6-9-7(8)4-2;1-3-4-5-8-6(2)7;;;/h4-9,11,16H,2-3,10,12-14H2,1H3;1-6,8,12H,7,9-10H2,(H2,16,18);1-6,8,12H,7,9-10H2,(H,17,18);6,8,11-12H,3-5,7,9H2,1-2H3;8,17H,4-7H2,1-3H3,(H2,13,15)(H,14,16);4-5,7H,2-3,6,8-9H2,1H3;1-6H3;4H,2-3,5-6H2,1H3;3-5H,1H2,2H3;1H4;;1H2/q;;;;;;;;;;+1;/p-1/b;;;;;;;;5-4+;;;. The number of aliphatic hydroxyl groups is 1. The second-order valence-electron chi connectivity index (χ2n) is 37.7. The topological polar surface area (TPSA) is 548 Å². The molecule has 0 spiro atoms. The molecule has 0 radical (unpaired) electrons. The molecule has 4 fully saturated rings. The van der Waals surface area contributed by atoms with E-state index in [1.165, 1.54) is 38.3 Å². The van der Waals surface area contributed by atoms with E-state index in [0.29, 0.717) is 84.2 Å². The van der Waals surface area contributed by atoms with Gasteiger partial charge in [-0.25, -0.2) is 62.5 Å². The normalized spacial score (nSPS) is 21.1. The van der Waals surface area contributed by atoms with Gasteiger partial charge in [-0.1, -0.05) is 214 Å². The summed E-state index contributed by atoms with van der Waals surface area (Å²) in [7, 11) is 0. The Morgan fingerprint density at radius 3 is 1.29 bits per heavy atom. The van der Waals surface area contributed by atoms with Crippen LogP contribution in [-0.4, -0.2) is 217 Å². The first-order chi connectivity index (χ1) is 69.5. The van der Waals surface area contributed by atoms with Gasteiger partial charge in [-0.05, 0) is 225 Å². The summed E-state index contributed by atoms with van der Waals surface area (Å²) >= 11 is 0. The predicted molar refractivity (Wildman–Crippen MR) is 547 cm³/mol. The number of nitrogens with two attached hydrogens (primary N) is 2. The molecule has 826 valence electrons. The van der Waals surface area contributed by atoms with Crippen molar-refractivity contribution in [3.8, 4) is 0 Å². The second kappa shape index (κ2) is 69.5. The molecule has 3 aromatic rings. The Balaban J connectivity index is 0.000000856. The Labute approximate surface area is 902 Å². The molecule has 6 aliphatic heterocycles. The molecule has 3 aromatic carbocycles. The van der Waals surface area contributed by atoms with Crippen LogP contribution in [0.25, 0.3) is 0 Å². The first-order valence-corrected chi connectivity index (χ1v) is 49.3. The number of carboxylic acids is 1. The summed E-state index contributed by atoms with van der Waals surface area (Å²) in [6.45, 7) is 35.2. The maximum absolute atomic E-state index is 12.4. The van der Waals surface area contributed by atoms with Gasteiger partial charge in [-0.3, -0.25) is 24.0 Å². The number of alkyl carbamates (subject to hydrolysis) is 1. The average molecular weight is 2120 g/mol. The molecule has 8 unspecified atom stereocenters. The van der Waals surface area contributed by atoms with Crippen molar-refractivity contribution in [2.24, 2.45) is 17.4 Å². The number of rotatable bonds is 29. The van der Waals surface area contributed by atoms with Gasteiger partial charge in [-0.2, -0.15) is 15.2 Å². The fourth-order valence-corrected chi connectivity index (χ4v) is 14.0. The molecule has 8 atom stereocenters. The first kappa shape index (κ1) is 135. The molecular formula is C109H155N6NaO34. The van der Waals surface area contributed by atoms with Crippen molar-refractivity contribution in [2.45, 2.75) is 342 Å². The van der Waals surface area contributed by atoms with Crippen LogP contribution in [0, 0.1) is 5.92 Å². The van der Waals surface area contributed by atoms with E-state index < -0.39 is 106 Å². The van der Waals surface area contributed by atoms with Crippen molar-refractivity contribution in [2.75, 3.05) is 26.4 Å². The van der Waals surface area contributed by atoms with Gasteiger partial charge in [0.15, 0.2) is 5.60 Å². The number of hydrogen-bond acceptors (Lipinski definition) is 33. The average Bonchev–Trinajstić information content (AvgIpc) is 0.308. The fraction of sp³-hybridized carbons (Fsp3) is 0.532. The van der Waals surface area contributed by atoms with Gasteiger partial charge in [0.1, 0.15) is 48.3 Å². The summed E-state index contributed by atoms with van der Waals surface area (Å²) in [4.78, 5) is 187. The monoisotopic (exact) mass is 2120 g/mol. The summed E-state index contributed by atoms with van der Waals surface area (Å²) in [5, 5.41) is 25.2. The number of ether oxygens (including phenoxy) is 13. The number of primary amides is 2. The van der Waals surface area contributed by atoms with Crippen molar-refractivity contribution < 1.29 is 193 Å². The number of aliphatic carboxylic acids is 1. The number of hydroxylamine groups is 6. The Hall–Kier alpha value is -12.8. The van der Waals surface area contributed by atoms with Crippen LogP contribution in [0.5, 0.6) is 0 Å². The van der Waals surface area contributed by atoms with Gasteiger partial charge >= 0.3 is 108 Å². The fourth-order valence-electron chi connectivity index (χ4n) is 14.0. The van der Waals surface area contributed by atoms with Crippen molar-refractivity contribution in [1.82, 2.24) is 20.5 Å². The molecule has 6 bridgehead atoms. The minimum Gasteiger partial charge on any atom is -0.870 e. The number of hydrogen-bond donors (Lipinski definition) is 5. The maximum Gasteiger partial charge on any atom is 1.00 e. The first-order valence-electron chi connectivity index (χ1n) is 49.3. The van der Waals surface area contributed by atoms with E-state index in [0.717, 1.165) is 108 Å². The van der Waals surface area contributed by atoms with E-state index in [4.69, 9.17) is 73.3 Å². The van der Waals surface area contributed by atoms with Gasteiger partial charge in [0.25, 0.3) is 5.91 Å².